The van der Waals surface area contributed by atoms with Crippen molar-refractivity contribution in [2.24, 2.45) is 5.92 Å². The van der Waals surface area contributed by atoms with Crippen LogP contribution in [0.1, 0.15) is 20.3 Å². The molecule has 0 spiro atoms. The largest absolute Gasteiger partial charge is 0.469 e. The predicted octanol–water partition coefficient (Wildman–Crippen LogP) is 1.30. The smallest absolute Gasteiger partial charge is 0.334 e. The summed E-state index contributed by atoms with van der Waals surface area (Å²) in [5.74, 6) is -1.59. The summed E-state index contributed by atoms with van der Waals surface area (Å²) in [6, 6.07) is 0. The van der Waals surface area contributed by atoms with Gasteiger partial charge in [-0.15, -0.1) is 0 Å². The first kappa shape index (κ1) is 12.7. The standard InChI is InChI=1S/C10H16O4/c1-5-8(10(12)13-4)7(3)9(11)14-6-2/h8H,3,5-6H2,1-2,4H3. The molecule has 14 heavy (non-hydrogen) atoms. The van der Waals surface area contributed by atoms with Crippen LogP contribution in [0, 0.1) is 5.92 Å². The minimum Gasteiger partial charge on any atom is -0.469 e. The van der Waals surface area contributed by atoms with Crippen LogP contribution < -0.4 is 0 Å². The SMILES string of the molecule is C=C(C(=O)OCC)C(CC)C(=O)OC. The highest BCUT2D eigenvalue weighted by atomic mass is 16.5. The first-order valence-electron chi connectivity index (χ1n) is 4.52. The fraction of sp³-hybridized carbons (Fsp3) is 0.600. The van der Waals surface area contributed by atoms with Gasteiger partial charge in [0.1, 0.15) is 0 Å². The average Bonchev–Trinajstić information content (AvgIpc) is 2.18. The van der Waals surface area contributed by atoms with Crippen LogP contribution in [0.15, 0.2) is 12.2 Å². The molecule has 4 nitrogen and oxygen atoms in total. The second kappa shape index (κ2) is 6.18. The molecule has 0 bridgehead atoms. The Bertz CT molecular complexity index is 232. The molecule has 0 radical (unpaired) electrons. The Hall–Kier alpha value is -1.32. The van der Waals surface area contributed by atoms with Gasteiger partial charge in [0.15, 0.2) is 0 Å². The monoisotopic (exact) mass is 200 g/mol. The van der Waals surface area contributed by atoms with E-state index in [0.29, 0.717) is 6.42 Å². The van der Waals surface area contributed by atoms with Gasteiger partial charge in [0.2, 0.25) is 0 Å². The molecule has 0 N–H and O–H groups in total. The Kier molecular flexibility index (Phi) is 5.60. The Morgan fingerprint density at radius 2 is 1.93 bits per heavy atom. The van der Waals surface area contributed by atoms with Crippen LogP contribution in [-0.4, -0.2) is 25.7 Å². The van der Waals surface area contributed by atoms with Crippen molar-refractivity contribution in [2.75, 3.05) is 13.7 Å². The zero-order valence-corrected chi connectivity index (χ0v) is 8.83. The molecule has 0 fully saturated rings. The van der Waals surface area contributed by atoms with Crippen molar-refractivity contribution < 1.29 is 19.1 Å². The van der Waals surface area contributed by atoms with E-state index < -0.39 is 17.9 Å². The summed E-state index contributed by atoms with van der Waals surface area (Å²) in [4.78, 5) is 22.4. The number of hydrogen-bond acceptors (Lipinski definition) is 4. The van der Waals surface area contributed by atoms with E-state index in [9.17, 15) is 9.59 Å². The number of rotatable bonds is 5. The topological polar surface area (TPSA) is 52.6 Å². The Morgan fingerprint density at radius 3 is 2.29 bits per heavy atom. The van der Waals surface area contributed by atoms with Crippen molar-refractivity contribution >= 4 is 11.9 Å². The molecule has 0 aromatic heterocycles. The highest BCUT2D eigenvalue weighted by molar-refractivity contribution is 5.94. The molecule has 1 atom stereocenters. The molecule has 80 valence electrons. The van der Waals surface area contributed by atoms with Crippen molar-refractivity contribution in [3.05, 3.63) is 12.2 Å². The summed E-state index contributed by atoms with van der Waals surface area (Å²) >= 11 is 0. The first-order valence-corrected chi connectivity index (χ1v) is 4.52. The van der Waals surface area contributed by atoms with Crippen LogP contribution in [-0.2, 0) is 19.1 Å². The molecule has 0 rings (SSSR count). The lowest BCUT2D eigenvalue weighted by Gasteiger charge is -2.13. The molecule has 0 heterocycles. The zero-order chi connectivity index (χ0) is 11.1. The third-order valence-electron chi connectivity index (χ3n) is 1.85. The van der Waals surface area contributed by atoms with E-state index in [-0.39, 0.29) is 12.2 Å². The van der Waals surface area contributed by atoms with E-state index in [1.807, 2.05) is 0 Å². The molecule has 4 heteroatoms. The maximum absolute atomic E-state index is 11.2. The van der Waals surface area contributed by atoms with Crippen LogP contribution in [0.4, 0.5) is 0 Å². The maximum atomic E-state index is 11.2. The zero-order valence-electron chi connectivity index (χ0n) is 8.83. The lowest BCUT2D eigenvalue weighted by atomic mass is 9.98. The number of carbonyl (C=O) groups excluding carboxylic acids is 2. The normalized spacial score (nSPS) is 11.6. The van der Waals surface area contributed by atoms with E-state index in [1.165, 1.54) is 7.11 Å². The van der Waals surface area contributed by atoms with Gasteiger partial charge in [-0.2, -0.15) is 0 Å². The van der Waals surface area contributed by atoms with E-state index >= 15 is 0 Å². The van der Waals surface area contributed by atoms with Gasteiger partial charge in [0.05, 0.1) is 19.6 Å². The lowest BCUT2D eigenvalue weighted by Crippen LogP contribution is -2.23. The number of esters is 2. The van der Waals surface area contributed by atoms with E-state index in [1.54, 1.807) is 13.8 Å². The van der Waals surface area contributed by atoms with Gasteiger partial charge in [-0.1, -0.05) is 13.5 Å². The van der Waals surface area contributed by atoms with Crippen LogP contribution in [0.5, 0.6) is 0 Å². The molecular weight excluding hydrogens is 184 g/mol. The second-order valence-corrected chi connectivity index (χ2v) is 2.73. The molecule has 1 unspecified atom stereocenters. The van der Waals surface area contributed by atoms with Crippen LogP contribution >= 0.6 is 0 Å². The van der Waals surface area contributed by atoms with Gasteiger partial charge < -0.3 is 9.47 Å². The molecule has 0 aliphatic rings. The van der Waals surface area contributed by atoms with Crippen LogP contribution in [0.3, 0.4) is 0 Å². The highest BCUT2D eigenvalue weighted by Gasteiger charge is 2.25. The van der Waals surface area contributed by atoms with Crippen molar-refractivity contribution in [1.82, 2.24) is 0 Å². The van der Waals surface area contributed by atoms with Gasteiger partial charge in [0.25, 0.3) is 0 Å². The Balaban J connectivity index is 4.46. The molecular formula is C10H16O4. The molecule has 0 aromatic rings. The van der Waals surface area contributed by atoms with E-state index in [0.717, 1.165) is 0 Å². The van der Waals surface area contributed by atoms with Gasteiger partial charge >= 0.3 is 11.9 Å². The minimum atomic E-state index is -0.598. The number of hydrogen-bond donors (Lipinski definition) is 0. The Labute approximate surface area is 83.9 Å². The van der Waals surface area contributed by atoms with Crippen molar-refractivity contribution in [3.63, 3.8) is 0 Å². The predicted molar refractivity (Wildman–Crippen MR) is 51.6 cm³/mol. The molecule has 0 amide bonds. The van der Waals surface area contributed by atoms with Crippen LogP contribution in [0.2, 0.25) is 0 Å². The van der Waals surface area contributed by atoms with E-state index in [4.69, 9.17) is 4.74 Å². The molecule has 0 aliphatic carbocycles. The number of carbonyl (C=O) groups is 2. The quantitative estimate of drug-likeness (QED) is 0.496. The molecule has 0 aliphatic heterocycles. The van der Waals surface area contributed by atoms with Gasteiger partial charge in [0, 0.05) is 5.57 Å². The van der Waals surface area contributed by atoms with E-state index in [2.05, 4.69) is 11.3 Å². The van der Waals surface area contributed by atoms with Crippen molar-refractivity contribution in [3.8, 4) is 0 Å². The summed E-state index contributed by atoms with van der Waals surface area (Å²) in [5, 5.41) is 0. The molecule has 0 saturated carbocycles. The van der Waals surface area contributed by atoms with Gasteiger partial charge in [-0.05, 0) is 13.3 Å². The number of ether oxygens (including phenoxy) is 2. The average molecular weight is 200 g/mol. The van der Waals surface area contributed by atoms with Gasteiger partial charge in [-0.25, -0.2) is 4.79 Å². The number of methoxy groups -OCH3 is 1. The summed E-state index contributed by atoms with van der Waals surface area (Å²) < 4.78 is 9.28. The third-order valence-corrected chi connectivity index (χ3v) is 1.85. The fourth-order valence-electron chi connectivity index (χ4n) is 1.06. The first-order chi connectivity index (χ1) is 6.58. The fourth-order valence-corrected chi connectivity index (χ4v) is 1.06. The Morgan fingerprint density at radius 1 is 1.36 bits per heavy atom. The lowest BCUT2D eigenvalue weighted by molar-refractivity contribution is -0.148. The molecule has 0 aromatic carbocycles. The minimum absolute atomic E-state index is 0.154. The summed E-state index contributed by atoms with van der Waals surface area (Å²) in [6.45, 7) is 7.29. The van der Waals surface area contributed by atoms with Gasteiger partial charge in [-0.3, -0.25) is 4.79 Å². The second-order valence-electron chi connectivity index (χ2n) is 2.73. The van der Waals surface area contributed by atoms with Crippen molar-refractivity contribution in [1.29, 1.82) is 0 Å². The van der Waals surface area contributed by atoms with Crippen LogP contribution in [0.25, 0.3) is 0 Å². The van der Waals surface area contributed by atoms with Crippen molar-refractivity contribution in [2.45, 2.75) is 20.3 Å². The maximum Gasteiger partial charge on any atom is 0.334 e. The summed E-state index contributed by atoms with van der Waals surface area (Å²) in [6.07, 6.45) is 0.477. The summed E-state index contributed by atoms with van der Waals surface area (Å²) in [7, 11) is 1.28. The summed E-state index contributed by atoms with van der Waals surface area (Å²) in [5.41, 5.74) is 0.154. The highest BCUT2D eigenvalue weighted by Crippen LogP contribution is 2.16. The third kappa shape index (κ3) is 3.20. The molecule has 0 saturated heterocycles.